The average Bonchev–Trinajstić information content (AvgIpc) is 3.12. The number of thiazole rings is 1. The van der Waals surface area contributed by atoms with Crippen molar-refractivity contribution in [2.45, 2.75) is 17.6 Å². The molecule has 0 radical (unpaired) electrons. The molecule has 3 aromatic rings. The van der Waals surface area contributed by atoms with Crippen molar-refractivity contribution in [1.82, 2.24) is 4.98 Å². The fraction of sp³-hybridized carbons (Fsp3) is 0.200. The van der Waals surface area contributed by atoms with E-state index in [-0.39, 0.29) is 5.91 Å². The van der Waals surface area contributed by atoms with Gasteiger partial charge in [0.2, 0.25) is 10.0 Å². The standard InChI is InChI=1S/C20H21N3O4S3/c1-13-21-15(11-28-13)12-29-19-7-5-4-6-16(19)20(24)22-14-8-9-17(18(10-14)27-2)23-30(3,25)26/h4-11,23H,12H2,1-3H3,(H,22,24). The van der Waals surface area contributed by atoms with Crippen molar-refractivity contribution in [3.05, 3.63) is 64.1 Å². The number of nitrogens with zero attached hydrogens (tertiary/aromatic N) is 1. The van der Waals surface area contributed by atoms with E-state index < -0.39 is 10.0 Å². The fourth-order valence-electron chi connectivity index (χ4n) is 2.66. The number of methoxy groups -OCH3 is 1. The van der Waals surface area contributed by atoms with Crippen molar-refractivity contribution in [3.63, 3.8) is 0 Å². The Morgan fingerprint density at radius 1 is 1.23 bits per heavy atom. The molecule has 0 aliphatic carbocycles. The number of hydrogen-bond donors (Lipinski definition) is 2. The zero-order valence-electron chi connectivity index (χ0n) is 16.6. The van der Waals surface area contributed by atoms with E-state index in [1.54, 1.807) is 47.4 Å². The minimum absolute atomic E-state index is 0.265. The molecule has 30 heavy (non-hydrogen) atoms. The van der Waals surface area contributed by atoms with Gasteiger partial charge in [0.1, 0.15) is 5.75 Å². The van der Waals surface area contributed by atoms with E-state index in [9.17, 15) is 13.2 Å². The van der Waals surface area contributed by atoms with Crippen LogP contribution in [-0.4, -0.2) is 32.7 Å². The van der Waals surface area contributed by atoms with Crippen molar-refractivity contribution in [2.75, 3.05) is 23.4 Å². The van der Waals surface area contributed by atoms with Gasteiger partial charge in [-0.25, -0.2) is 13.4 Å². The van der Waals surface area contributed by atoms with Crippen LogP contribution in [0.3, 0.4) is 0 Å². The molecule has 0 aliphatic rings. The number of ether oxygens (including phenoxy) is 1. The van der Waals surface area contributed by atoms with Crippen molar-refractivity contribution in [3.8, 4) is 5.75 Å². The number of hydrogen-bond acceptors (Lipinski definition) is 7. The van der Waals surface area contributed by atoms with Gasteiger partial charge in [0.25, 0.3) is 5.91 Å². The SMILES string of the molecule is COc1cc(NC(=O)c2ccccc2SCc2csc(C)n2)ccc1NS(C)(=O)=O. The van der Waals surface area contributed by atoms with Gasteiger partial charge in [0.05, 0.1) is 35.3 Å². The molecule has 158 valence electrons. The first kappa shape index (κ1) is 22.1. The number of carbonyl (C=O) groups is 1. The summed E-state index contributed by atoms with van der Waals surface area (Å²) in [4.78, 5) is 18.2. The van der Waals surface area contributed by atoms with Crippen LogP contribution >= 0.6 is 23.1 Å². The maximum absolute atomic E-state index is 12.9. The molecule has 0 unspecified atom stereocenters. The molecule has 1 heterocycles. The summed E-state index contributed by atoms with van der Waals surface area (Å²) < 4.78 is 30.6. The third-order valence-corrected chi connectivity index (χ3v) is 6.45. The Labute approximate surface area is 183 Å². The van der Waals surface area contributed by atoms with E-state index >= 15 is 0 Å². The zero-order chi connectivity index (χ0) is 21.7. The number of rotatable bonds is 8. The molecule has 0 saturated carbocycles. The molecule has 10 heteroatoms. The Kier molecular flexibility index (Phi) is 7.01. The van der Waals surface area contributed by atoms with Gasteiger partial charge < -0.3 is 10.1 Å². The predicted octanol–water partition coefficient (Wildman–Crippen LogP) is 4.38. The summed E-state index contributed by atoms with van der Waals surface area (Å²) in [7, 11) is -2.02. The molecule has 0 spiro atoms. The molecule has 2 aromatic carbocycles. The highest BCUT2D eigenvalue weighted by Crippen LogP contribution is 2.30. The van der Waals surface area contributed by atoms with Crippen LogP contribution in [0.4, 0.5) is 11.4 Å². The van der Waals surface area contributed by atoms with Crippen molar-refractivity contribution >= 4 is 50.4 Å². The molecule has 0 aliphatic heterocycles. The zero-order valence-corrected chi connectivity index (χ0v) is 19.1. The second-order valence-corrected chi connectivity index (χ2v) is 10.2. The van der Waals surface area contributed by atoms with Crippen LogP contribution in [0.2, 0.25) is 0 Å². The number of anilines is 2. The fourth-order valence-corrected chi connectivity index (χ4v) is 4.89. The third-order valence-electron chi connectivity index (χ3n) is 3.93. The van der Waals surface area contributed by atoms with Crippen LogP contribution in [0.25, 0.3) is 0 Å². The highest BCUT2D eigenvalue weighted by atomic mass is 32.2. The number of nitrogens with one attached hydrogen (secondary N) is 2. The highest BCUT2D eigenvalue weighted by Gasteiger charge is 2.14. The van der Waals surface area contributed by atoms with E-state index in [0.29, 0.717) is 28.4 Å². The molecule has 7 nitrogen and oxygen atoms in total. The number of aromatic nitrogens is 1. The van der Waals surface area contributed by atoms with Crippen LogP contribution in [0, 0.1) is 6.92 Å². The van der Waals surface area contributed by atoms with Gasteiger partial charge in [0, 0.05) is 27.8 Å². The maximum Gasteiger partial charge on any atom is 0.256 e. The largest absolute Gasteiger partial charge is 0.494 e. The molecular weight excluding hydrogens is 442 g/mol. The summed E-state index contributed by atoms with van der Waals surface area (Å²) >= 11 is 3.15. The number of carbonyl (C=O) groups excluding carboxylic acids is 1. The Balaban J connectivity index is 1.76. The first-order chi connectivity index (χ1) is 14.2. The summed E-state index contributed by atoms with van der Waals surface area (Å²) in [5.74, 6) is 0.715. The first-order valence-electron chi connectivity index (χ1n) is 8.85. The average molecular weight is 464 g/mol. The van der Waals surface area contributed by atoms with Gasteiger partial charge in [-0.05, 0) is 31.2 Å². The first-order valence-corrected chi connectivity index (χ1v) is 12.6. The van der Waals surface area contributed by atoms with Crippen LogP contribution in [0.15, 0.2) is 52.7 Å². The monoisotopic (exact) mass is 463 g/mol. The topological polar surface area (TPSA) is 97.4 Å². The minimum Gasteiger partial charge on any atom is -0.494 e. The number of sulfonamides is 1. The van der Waals surface area contributed by atoms with Crippen molar-refractivity contribution < 1.29 is 17.9 Å². The number of aryl methyl sites for hydroxylation is 1. The lowest BCUT2D eigenvalue weighted by Gasteiger charge is -2.13. The van der Waals surface area contributed by atoms with Crippen LogP contribution in [0.5, 0.6) is 5.75 Å². The van der Waals surface area contributed by atoms with Gasteiger partial charge in [0.15, 0.2) is 0 Å². The van der Waals surface area contributed by atoms with Gasteiger partial charge in [-0.1, -0.05) is 12.1 Å². The quantitative estimate of drug-likeness (QED) is 0.481. The molecule has 1 amide bonds. The van der Waals surface area contributed by atoms with Gasteiger partial charge in [-0.3, -0.25) is 9.52 Å². The van der Waals surface area contributed by atoms with Gasteiger partial charge in [-0.15, -0.1) is 23.1 Å². The summed E-state index contributed by atoms with van der Waals surface area (Å²) in [6.45, 7) is 1.96. The summed E-state index contributed by atoms with van der Waals surface area (Å²) in [5, 5.41) is 5.87. The maximum atomic E-state index is 12.9. The number of thioether (sulfide) groups is 1. The predicted molar refractivity (Wildman–Crippen MR) is 122 cm³/mol. The van der Waals surface area contributed by atoms with E-state index in [4.69, 9.17) is 4.74 Å². The smallest absolute Gasteiger partial charge is 0.256 e. The lowest BCUT2D eigenvalue weighted by atomic mass is 10.2. The Morgan fingerprint density at radius 3 is 2.67 bits per heavy atom. The summed E-state index contributed by atoms with van der Waals surface area (Å²) in [5.41, 5.74) is 2.32. The lowest BCUT2D eigenvalue weighted by Crippen LogP contribution is -2.14. The second-order valence-electron chi connectivity index (χ2n) is 6.39. The van der Waals surface area contributed by atoms with Crippen LogP contribution < -0.4 is 14.8 Å². The van der Waals surface area contributed by atoms with Crippen LogP contribution in [-0.2, 0) is 15.8 Å². The van der Waals surface area contributed by atoms with Crippen LogP contribution in [0.1, 0.15) is 21.1 Å². The lowest BCUT2D eigenvalue weighted by molar-refractivity contribution is 0.102. The molecular formula is C20H21N3O4S3. The molecule has 0 fully saturated rings. The molecule has 1 aromatic heterocycles. The Hall–Kier alpha value is -2.56. The molecule has 3 rings (SSSR count). The molecule has 0 saturated heterocycles. The highest BCUT2D eigenvalue weighted by molar-refractivity contribution is 7.98. The van der Waals surface area contributed by atoms with E-state index in [2.05, 4.69) is 15.0 Å². The van der Waals surface area contributed by atoms with E-state index in [1.807, 2.05) is 30.5 Å². The van der Waals surface area contributed by atoms with Crippen molar-refractivity contribution in [1.29, 1.82) is 0 Å². The van der Waals surface area contributed by atoms with E-state index in [0.717, 1.165) is 21.9 Å². The molecule has 2 N–H and O–H groups in total. The summed E-state index contributed by atoms with van der Waals surface area (Å²) in [6.07, 6.45) is 1.06. The second kappa shape index (κ2) is 9.50. The normalized spacial score (nSPS) is 11.2. The van der Waals surface area contributed by atoms with E-state index in [1.165, 1.54) is 7.11 Å². The molecule has 0 bridgehead atoms. The summed E-state index contributed by atoms with van der Waals surface area (Å²) in [6, 6.07) is 12.1. The Morgan fingerprint density at radius 2 is 2.00 bits per heavy atom. The van der Waals surface area contributed by atoms with Gasteiger partial charge in [-0.2, -0.15) is 0 Å². The number of benzene rings is 2. The molecule has 0 atom stereocenters. The third kappa shape index (κ3) is 5.97. The Bertz CT molecular complexity index is 1160. The minimum atomic E-state index is -3.45. The van der Waals surface area contributed by atoms with Crippen molar-refractivity contribution in [2.24, 2.45) is 0 Å². The number of amides is 1. The van der Waals surface area contributed by atoms with Gasteiger partial charge >= 0.3 is 0 Å².